The Hall–Kier alpha value is -3.86. The van der Waals surface area contributed by atoms with Crippen LogP contribution < -0.4 is 14.8 Å². The topological polar surface area (TPSA) is 93.2 Å². The quantitative estimate of drug-likeness (QED) is 0.372. The summed E-state index contributed by atoms with van der Waals surface area (Å²) < 4.78 is 73.9. The molecule has 1 heterocycles. The first-order chi connectivity index (χ1) is 16.1. The van der Waals surface area contributed by atoms with E-state index in [2.05, 4.69) is 20.0 Å². The molecule has 3 aromatic carbocycles. The molecule has 0 saturated heterocycles. The summed E-state index contributed by atoms with van der Waals surface area (Å²) in [5.74, 6) is 0.313. The highest BCUT2D eigenvalue weighted by Crippen LogP contribution is 2.35. The van der Waals surface area contributed by atoms with Gasteiger partial charge in [-0.25, -0.2) is 18.4 Å². The molecule has 0 aliphatic carbocycles. The number of para-hydroxylation sites is 2. The molecule has 0 aliphatic rings. The van der Waals surface area contributed by atoms with Crippen molar-refractivity contribution in [3.63, 3.8) is 0 Å². The third kappa shape index (κ3) is 4.88. The average Bonchev–Trinajstić information content (AvgIpc) is 2.78. The first kappa shape index (κ1) is 23.3. The van der Waals surface area contributed by atoms with Crippen molar-refractivity contribution in [2.24, 2.45) is 0 Å². The van der Waals surface area contributed by atoms with Crippen molar-refractivity contribution < 1.29 is 26.3 Å². The third-order valence-electron chi connectivity index (χ3n) is 4.83. The van der Waals surface area contributed by atoms with E-state index < -0.39 is 26.7 Å². The summed E-state index contributed by atoms with van der Waals surface area (Å²) in [6, 6.07) is 15.9. The van der Waals surface area contributed by atoms with E-state index in [9.17, 15) is 21.6 Å². The van der Waals surface area contributed by atoms with Gasteiger partial charge in [0, 0.05) is 11.8 Å². The normalized spacial score (nSPS) is 11.9. The number of sulfonamides is 1. The van der Waals surface area contributed by atoms with E-state index in [4.69, 9.17) is 4.74 Å². The number of methoxy groups -OCH3 is 1. The smallest absolute Gasteiger partial charge is 0.417 e. The number of hydrogen-bond acceptors (Lipinski definition) is 6. The molecule has 1 aromatic heterocycles. The number of halogens is 3. The lowest BCUT2D eigenvalue weighted by Crippen LogP contribution is -2.20. The molecule has 11 heteroatoms. The van der Waals surface area contributed by atoms with Gasteiger partial charge in [0.1, 0.15) is 5.75 Å². The van der Waals surface area contributed by atoms with Gasteiger partial charge in [-0.3, -0.25) is 4.72 Å². The van der Waals surface area contributed by atoms with Crippen LogP contribution in [0.5, 0.6) is 5.75 Å². The zero-order valence-electron chi connectivity index (χ0n) is 18.0. The molecule has 0 spiro atoms. The number of hydrogen-bond donors (Lipinski definition) is 2. The Labute approximate surface area is 193 Å². The van der Waals surface area contributed by atoms with Crippen molar-refractivity contribution in [1.82, 2.24) is 9.97 Å². The fourth-order valence-electron chi connectivity index (χ4n) is 3.35. The minimum Gasteiger partial charge on any atom is -0.497 e. The van der Waals surface area contributed by atoms with Crippen LogP contribution in [0.1, 0.15) is 11.1 Å². The van der Waals surface area contributed by atoms with Gasteiger partial charge in [0.05, 0.1) is 28.6 Å². The lowest BCUT2D eigenvalue weighted by molar-refractivity contribution is -0.139. The number of benzene rings is 3. The van der Waals surface area contributed by atoms with E-state index in [1.807, 2.05) is 6.92 Å². The lowest BCUT2D eigenvalue weighted by Gasteiger charge is -2.17. The van der Waals surface area contributed by atoms with Crippen LogP contribution in [0.2, 0.25) is 0 Å². The summed E-state index contributed by atoms with van der Waals surface area (Å²) in [5, 5.41) is 3.00. The number of fused-ring (bicyclic) bond motifs is 1. The van der Waals surface area contributed by atoms with Gasteiger partial charge in [0.2, 0.25) is 0 Å². The minimum absolute atomic E-state index is 0.0133. The van der Waals surface area contributed by atoms with Gasteiger partial charge >= 0.3 is 6.18 Å². The molecule has 0 saturated carbocycles. The highest BCUT2D eigenvalue weighted by atomic mass is 32.2. The third-order valence-corrected chi connectivity index (χ3v) is 6.23. The molecule has 176 valence electrons. The summed E-state index contributed by atoms with van der Waals surface area (Å²) in [7, 11) is -3.16. The van der Waals surface area contributed by atoms with Gasteiger partial charge in [0.15, 0.2) is 11.6 Å². The predicted octanol–water partition coefficient (Wildman–Crippen LogP) is 5.51. The molecule has 0 fully saturated rings. The van der Waals surface area contributed by atoms with Crippen LogP contribution in [0, 0.1) is 6.92 Å². The molecule has 4 aromatic rings. The van der Waals surface area contributed by atoms with Crippen molar-refractivity contribution in [1.29, 1.82) is 0 Å². The molecular weight excluding hydrogens is 469 g/mol. The number of anilines is 3. The van der Waals surface area contributed by atoms with Crippen molar-refractivity contribution in [2.45, 2.75) is 18.0 Å². The molecule has 0 atom stereocenters. The standard InChI is InChI=1S/C23H19F3N4O3S/c1-14-11-15(13-16(12-14)33-2)27-21-22(29-19-9-5-4-8-18(19)28-21)30-34(31,32)20-10-6-3-7-17(20)23(24,25)26/h3-13H,1-2H3,(H,27,28)(H,29,30). The SMILES string of the molecule is COc1cc(C)cc(Nc2nc3ccccc3nc2NS(=O)(=O)c2ccccc2C(F)(F)F)c1. The largest absolute Gasteiger partial charge is 0.497 e. The van der Waals surface area contributed by atoms with Crippen LogP contribution in [-0.4, -0.2) is 25.5 Å². The average molecular weight is 488 g/mol. The highest BCUT2D eigenvalue weighted by molar-refractivity contribution is 7.92. The van der Waals surface area contributed by atoms with Crippen molar-refractivity contribution in [3.8, 4) is 5.75 Å². The fraction of sp³-hybridized carbons (Fsp3) is 0.130. The second-order valence-electron chi connectivity index (χ2n) is 7.37. The number of aromatic nitrogens is 2. The number of ether oxygens (including phenoxy) is 1. The Morgan fingerprint density at radius 1 is 0.882 bits per heavy atom. The monoisotopic (exact) mass is 488 g/mol. The predicted molar refractivity (Wildman–Crippen MR) is 123 cm³/mol. The van der Waals surface area contributed by atoms with Gasteiger partial charge in [-0.2, -0.15) is 13.2 Å². The van der Waals surface area contributed by atoms with Gasteiger partial charge in [-0.05, 0) is 48.9 Å². The number of rotatable bonds is 6. The zero-order valence-corrected chi connectivity index (χ0v) is 18.8. The van der Waals surface area contributed by atoms with Crippen molar-refractivity contribution in [2.75, 3.05) is 17.1 Å². The van der Waals surface area contributed by atoms with Crippen LogP contribution in [0.25, 0.3) is 11.0 Å². The minimum atomic E-state index is -4.86. The molecule has 0 bridgehead atoms. The van der Waals surface area contributed by atoms with E-state index in [0.29, 0.717) is 28.5 Å². The summed E-state index contributed by atoms with van der Waals surface area (Å²) >= 11 is 0. The molecule has 0 aliphatic heterocycles. The Kier molecular flexibility index (Phi) is 6.05. The maximum absolute atomic E-state index is 13.5. The van der Waals surface area contributed by atoms with Crippen molar-refractivity contribution in [3.05, 3.63) is 77.9 Å². The Morgan fingerprint density at radius 3 is 2.15 bits per heavy atom. The summed E-state index contributed by atoms with van der Waals surface area (Å²) in [6.45, 7) is 1.84. The summed E-state index contributed by atoms with van der Waals surface area (Å²) in [6.07, 6.45) is -4.86. The maximum atomic E-state index is 13.5. The molecule has 4 rings (SSSR count). The fourth-order valence-corrected chi connectivity index (χ4v) is 4.59. The lowest BCUT2D eigenvalue weighted by atomic mass is 10.2. The summed E-state index contributed by atoms with van der Waals surface area (Å²) in [4.78, 5) is 7.84. The van der Waals surface area contributed by atoms with Gasteiger partial charge < -0.3 is 10.1 Å². The number of nitrogens with zero attached hydrogens (tertiary/aromatic N) is 2. The number of aryl methyl sites for hydroxylation is 1. The van der Waals surface area contributed by atoms with Crippen LogP contribution in [0.3, 0.4) is 0 Å². The molecule has 2 N–H and O–H groups in total. The molecule has 0 radical (unpaired) electrons. The number of alkyl halides is 3. The first-order valence-corrected chi connectivity index (χ1v) is 11.4. The Balaban J connectivity index is 1.82. The van der Waals surface area contributed by atoms with Gasteiger partial charge in [-0.1, -0.05) is 24.3 Å². The second-order valence-corrected chi connectivity index (χ2v) is 9.02. The maximum Gasteiger partial charge on any atom is 0.417 e. The molecular formula is C23H19F3N4O3S. The molecule has 34 heavy (non-hydrogen) atoms. The van der Waals surface area contributed by atoms with Crippen molar-refractivity contribution >= 4 is 38.4 Å². The van der Waals surface area contributed by atoms with E-state index in [0.717, 1.165) is 17.7 Å². The van der Waals surface area contributed by atoms with E-state index in [-0.39, 0.29) is 11.6 Å². The van der Waals surface area contributed by atoms with Gasteiger partial charge in [0.25, 0.3) is 10.0 Å². The molecule has 0 unspecified atom stereocenters. The van der Waals surface area contributed by atoms with Gasteiger partial charge in [-0.15, -0.1) is 0 Å². The Morgan fingerprint density at radius 2 is 1.50 bits per heavy atom. The van der Waals surface area contributed by atoms with Crippen LogP contribution in [0.15, 0.2) is 71.6 Å². The van der Waals surface area contributed by atoms with Crippen LogP contribution in [0.4, 0.5) is 30.5 Å². The summed E-state index contributed by atoms with van der Waals surface area (Å²) in [5.41, 5.74) is 0.920. The number of nitrogens with one attached hydrogen (secondary N) is 2. The second kappa shape index (κ2) is 8.82. The molecule has 7 nitrogen and oxygen atoms in total. The van der Waals surface area contributed by atoms with E-state index in [1.165, 1.54) is 13.2 Å². The first-order valence-electron chi connectivity index (χ1n) is 9.95. The molecule has 0 amide bonds. The van der Waals surface area contributed by atoms with E-state index >= 15 is 0 Å². The Bertz CT molecular complexity index is 1470. The van der Waals surface area contributed by atoms with E-state index in [1.54, 1.807) is 42.5 Å². The van der Waals surface area contributed by atoms with Crippen LogP contribution >= 0.6 is 0 Å². The zero-order chi connectivity index (χ0) is 24.5. The highest BCUT2D eigenvalue weighted by Gasteiger charge is 2.37. The van der Waals surface area contributed by atoms with Crippen LogP contribution in [-0.2, 0) is 16.2 Å².